The summed E-state index contributed by atoms with van der Waals surface area (Å²) >= 11 is 0. The normalized spacial score (nSPS) is 11.1. The maximum atomic E-state index is 4.75. The molecule has 3 aromatic carbocycles. The van der Waals surface area contributed by atoms with Crippen molar-refractivity contribution in [1.82, 2.24) is 14.5 Å². The number of benzene rings is 3. The average molecular weight is 379 g/mol. The number of hydrogen-bond acceptors (Lipinski definition) is 4. The zero-order valence-electron chi connectivity index (χ0n) is 16.3. The summed E-state index contributed by atoms with van der Waals surface area (Å²) in [7, 11) is 2.02. The summed E-state index contributed by atoms with van der Waals surface area (Å²) in [6.45, 7) is 2.01. The van der Waals surface area contributed by atoms with Crippen molar-refractivity contribution in [3.8, 4) is 0 Å². The molecule has 5 heteroatoms. The highest BCUT2D eigenvalue weighted by Gasteiger charge is 2.11. The van der Waals surface area contributed by atoms with Crippen molar-refractivity contribution in [2.24, 2.45) is 7.05 Å². The van der Waals surface area contributed by atoms with E-state index in [4.69, 9.17) is 9.97 Å². The van der Waals surface area contributed by atoms with Crippen LogP contribution in [0, 0.1) is 6.92 Å². The first-order chi connectivity index (χ1) is 14.2. The second-order valence-corrected chi connectivity index (χ2v) is 7.14. The van der Waals surface area contributed by atoms with E-state index in [1.54, 1.807) is 0 Å². The molecule has 0 fully saturated rings. The second-order valence-electron chi connectivity index (χ2n) is 7.14. The lowest BCUT2D eigenvalue weighted by Crippen LogP contribution is -2.01. The van der Waals surface area contributed by atoms with Gasteiger partial charge >= 0.3 is 0 Å². The number of rotatable bonds is 4. The molecule has 0 radical (unpaired) electrons. The summed E-state index contributed by atoms with van der Waals surface area (Å²) in [5.41, 5.74) is 7.03. The Balaban J connectivity index is 1.58. The quantitative estimate of drug-likeness (QED) is 0.407. The molecule has 0 bridgehead atoms. The van der Waals surface area contributed by atoms with Crippen LogP contribution >= 0.6 is 0 Å². The minimum absolute atomic E-state index is 0.805. The van der Waals surface area contributed by atoms with E-state index in [1.165, 1.54) is 0 Å². The van der Waals surface area contributed by atoms with Gasteiger partial charge in [0.05, 0.1) is 22.2 Å². The molecule has 142 valence electrons. The fraction of sp³-hybridized carbons (Fsp3) is 0.0833. The third-order valence-corrected chi connectivity index (χ3v) is 5.03. The van der Waals surface area contributed by atoms with Gasteiger partial charge in [0.1, 0.15) is 0 Å². The molecule has 5 rings (SSSR count). The van der Waals surface area contributed by atoms with Crippen LogP contribution in [0.3, 0.4) is 0 Å². The SMILES string of the molecule is Cc1cc(Nc2nc3ccccc3n2C)c2cc(Nc3ccccc3)ccc2n1. The number of pyridine rings is 1. The largest absolute Gasteiger partial charge is 0.356 e. The van der Waals surface area contributed by atoms with E-state index >= 15 is 0 Å². The van der Waals surface area contributed by atoms with Crippen molar-refractivity contribution in [2.75, 3.05) is 10.6 Å². The summed E-state index contributed by atoms with van der Waals surface area (Å²) in [6, 6.07) is 26.6. The molecule has 0 atom stereocenters. The Hall–Kier alpha value is -3.86. The van der Waals surface area contributed by atoms with Crippen molar-refractivity contribution in [2.45, 2.75) is 6.92 Å². The molecule has 0 amide bonds. The summed E-state index contributed by atoms with van der Waals surface area (Å²) in [6.07, 6.45) is 0. The van der Waals surface area contributed by atoms with Gasteiger partial charge in [-0.1, -0.05) is 30.3 Å². The zero-order valence-corrected chi connectivity index (χ0v) is 16.3. The van der Waals surface area contributed by atoms with Gasteiger partial charge in [-0.15, -0.1) is 0 Å². The fourth-order valence-electron chi connectivity index (χ4n) is 3.61. The van der Waals surface area contributed by atoms with Gasteiger partial charge in [0.25, 0.3) is 0 Å². The van der Waals surface area contributed by atoms with Crippen molar-refractivity contribution >= 4 is 44.9 Å². The Kier molecular flexibility index (Phi) is 4.13. The number of anilines is 4. The first kappa shape index (κ1) is 17.3. The minimum Gasteiger partial charge on any atom is -0.356 e. The monoisotopic (exact) mass is 379 g/mol. The number of aromatic nitrogens is 3. The highest BCUT2D eigenvalue weighted by molar-refractivity contribution is 5.96. The average Bonchev–Trinajstić information content (AvgIpc) is 3.05. The molecular weight excluding hydrogens is 358 g/mol. The second kappa shape index (κ2) is 6.95. The number of nitrogens with one attached hydrogen (secondary N) is 2. The molecule has 2 heterocycles. The molecule has 0 saturated heterocycles. The lowest BCUT2D eigenvalue weighted by molar-refractivity contribution is 0.958. The van der Waals surface area contributed by atoms with Gasteiger partial charge in [0, 0.05) is 29.5 Å². The lowest BCUT2D eigenvalue weighted by Gasteiger charge is -2.13. The number of imidazole rings is 1. The van der Waals surface area contributed by atoms with Crippen LogP contribution in [-0.2, 0) is 7.05 Å². The minimum atomic E-state index is 0.805. The van der Waals surface area contributed by atoms with Gasteiger partial charge < -0.3 is 15.2 Å². The van der Waals surface area contributed by atoms with Gasteiger partial charge in [-0.3, -0.25) is 4.98 Å². The summed E-state index contributed by atoms with van der Waals surface area (Å²) in [4.78, 5) is 9.45. The highest BCUT2D eigenvalue weighted by Crippen LogP contribution is 2.30. The van der Waals surface area contributed by atoms with Crippen molar-refractivity contribution < 1.29 is 0 Å². The van der Waals surface area contributed by atoms with Crippen LogP contribution < -0.4 is 10.6 Å². The third-order valence-electron chi connectivity index (χ3n) is 5.03. The lowest BCUT2D eigenvalue weighted by atomic mass is 10.1. The van der Waals surface area contributed by atoms with Crippen molar-refractivity contribution in [3.05, 3.63) is 84.6 Å². The van der Waals surface area contributed by atoms with Gasteiger partial charge in [-0.2, -0.15) is 0 Å². The molecule has 29 heavy (non-hydrogen) atoms. The van der Waals surface area contributed by atoms with E-state index in [0.29, 0.717) is 0 Å². The van der Waals surface area contributed by atoms with Crippen LogP contribution in [-0.4, -0.2) is 14.5 Å². The van der Waals surface area contributed by atoms with Gasteiger partial charge in [-0.25, -0.2) is 4.98 Å². The molecule has 0 spiro atoms. The number of fused-ring (bicyclic) bond motifs is 2. The van der Waals surface area contributed by atoms with Crippen LogP contribution in [0.1, 0.15) is 5.69 Å². The van der Waals surface area contributed by atoms with E-state index in [-0.39, 0.29) is 0 Å². The van der Waals surface area contributed by atoms with Crippen LogP contribution in [0.2, 0.25) is 0 Å². The van der Waals surface area contributed by atoms with Gasteiger partial charge in [0.2, 0.25) is 5.95 Å². The van der Waals surface area contributed by atoms with Crippen LogP contribution in [0.25, 0.3) is 21.9 Å². The molecule has 0 aliphatic rings. The molecule has 5 nitrogen and oxygen atoms in total. The summed E-state index contributed by atoms with van der Waals surface area (Å²) in [5, 5.41) is 8.02. The van der Waals surface area contributed by atoms with Gasteiger partial charge in [-0.05, 0) is 55.5 Å². The van der Waals surface area contributed by atoms with Crippen LogP contribution in [0.4, 0.5) is 23.0 Å². The fourth-order valence-corrected chi connectivity index (χ4v) is 3.61. The smallest absolute Gasteiger partial charge is 0.208 e. The first-order valence-electron chi connectivity index (χ1n) is 9.59. The molecular formula is C24H21N5. The van der Waals surface area contributed by atoms with E-state index in [1.807, 2.05) is 56.4 Å². The van der Waals surface area contributed by atoms with E-state index in [2.05, 4.69) is 51.6 Å². The third kappa shape index (κ3) is 3.27. The number of nitrogens with zero attached hydrogens (tertiary/aromatic N) is 3. The maximum absolute atomic E-state index is 4.75. The predicted octanol–water partition coefficient (Wildman–Crippen LogP) is 5.92. The van der Waals surface area contributed by atoms with Crippen molar-refractivity contribution in [1.29, 1.82) is 0 Å². The zero-order chi connectivity index (χ0) is 19.8. The molecule has 0 unspecified atom stereocenters. The molecule has 0 saturated carbocycles. The van der Waals surface area contributed by atoms with E-state index in [0.717, 1.165) is 50.6 Å². The Morgan fingerprint density at radius 3 is 2.34 bits per heavy atom. The summed E-state index contributed by atoms with van der Waals surface area (Å²) < 4.78 is 2.07. The van der Waals surface area contributed by atoms with Crippen LogP contribution in [0.5, 0.6) is 0 Å². The molecule has 2 N–H and O–H groups in total. The Labute approximate surface area is 169 Å². The number of para-hydroxylation sites is 3. The van der Waals surface area contributed by atoms with E-state index in [9.17, 15) is 0 Å². The topological polar surface area (TPSA) is 54.8 Å². The van der Waals surface area contributed by atoms with Crippen LogP contribution in [0.15, 0.2) is 78.9 Å². The first-order valence-corrected chi connectivity index (χ1v) is 9.59. The number of hydrogen-bond donors (Lipinski definition) is 2. The standard InChI is InChI=1S/C24H21N5/c1-16-14-22(28-24-27-21-10-6-7-11-23(21)29(24)2)19-15-18(12-13-20(19)25-16)26-17-8-4-3-5-9-17/h3-15,26H,1-2H3,(H,25,27,28). The Morgan fingerprint density at radius 2 is 1.52 bits per heavy atom. The summed E-state index contributed by atoms with van der Waals surface area (Å²) in [5.74, 6) is 0.805. The Morgan fingerprint density at radius 1 is 0.724 bits per heavy atom. The van der Waals surface area contributed by atoms with E-state index < -0.39 is 0 Å². The van der Waals surface area contributed by atoms with Crippen molar-refractivity contribution in [3.63, 3.8) is 0 Å². The molecule has 0 aliphatic carbocycles. The predicted molar refractivity (Wildman–Crippen MR) is 120 cm³/mol. The molecule has 0 aliphatic heterocycles. The number of aryl methyl sites for hydroxylation is 2. The molecule has 2 aromatic heterocycles. The molecule has 5 aromatic rings. The van der Waals surface area contributed by atoms with Gasteiger partial charge in [0.15, 0.2) is 0 Å². The Bertz CT molecular complexity index is 1320. The maximum Gasteiger partial charge on any atom is 0.208 e. The highest BCUT2D eigenvalue weighted by atomic mass is 15.2.